The molecule has 0 radical (unpaired) electrons. The average molecular weight is 377 g/mol. The molecule has 0 unspecified atom stereocenters. The van der Waals surface area contributed by atoms with Crippen molar-refractivity contribution in [2.75, 3.05) is 34.3 Å². The van der Waals surface area contributed by atoms with E-state index >= 15 is 0 Å². The van der Waals surface area contributed by atoms with Crippen molar-refractivity contribution in [1.82, 2.24) is 9.80 Å². The van der Waals surface area contributed by atoms with E-state index in [2.05, 4.69) is 72.4 Å². The van der Waals surface area contributed by atoms with Crippen LogP contribution in [0.25, 0.3) is 11.3 Å². The van der Waals surface area contributed by atoms with Crippen molar-refractivity contribution in [3.8, 4) is 17.1 Å². The second-order valence-electron chi connectivity index (χ2n) is 7.74. The smallest absolute Gasteiger partial charge is 0.134 e. The van der Waals surface area contributed by atoms with Crippen LogP contribution in [0.4, 0.5) is 0 Å². The highest BCUT2D eigenvalue weighted by atomic mass is 16.5. The molecule has 3 aromatic rings. The Hall–Kier alpha value is -2.56. The molecule has 2 aromatic carbocycles. The Morgan fingerprint density at radius 2 is 1.79 bits per heavy atom. The average Bonchev–Trinajstić information content (AvgIpc) is 3.39. The van der Waals surface area contributed by atoms with E-state index in [0.29, 0.717) is 12.0 Å². The van der Waals surface area contributed by atoms with E-state index in [4.69, 9.17) is 9.15 Å². The summed E-state index contributed by atoms with van der Waals surface area (Å²) in [6.45, 7) is 3.02. The first-order chi connectivity index (χ1) is 13.7. The van der Waals surface area contributed by atoms with Crippen LogP contribution in [-0.4, -0.2) is 50.1 Å². The lowest BCUT2D eigenvalue weighted by atomic mass is 9.93. The van der Waals surface area contributed by atoms with Gasteiger partial charge >= 0.3 is 0 Å². The maximum Gasteiger partial charge on any atom is 0.134 e. The first kappa shape index (κ1) is 18.8. The highest BCUT2D eigenvalue weighted by molar-refractivity contribution is 5.61. The van der Waals surface area contributed by atoms with Crippen LogP contribution < -0.4 is 4.74 Å². The molecule has 1 fully saturated rings. The molecule has 0 spiro atoms. The molecule has 146 valence electrons. The number of rotatable bonds is 6. The number of likely N-dealkylation sites (N-methyl/N-ethyl adjacent to an activating group) is 1. The Labute approximate surface area is 167 Å². The molecule has 28 heavy (non-hydrogen) atoms. The lowest BCUT2D eigenvalue weighted by molar-refractivity contribution is 0.260. The van der Waals surface area contributed by atoms with Gasteiger partial charge in [0.05, 0.1) is 13.4 Å². The summed E-state index contributed by atoms with van der Waals surface area (Å²) in [5.41, 5.74) is 3.87. The Morgan fingerprint density at radius 3 is 2.46 bits per heavy atom. The van der Waals surface area contributed by atoms with Crippen LogP contribution in [0, 0.1) is 0 Å². The van der Waals surface area contributed by atoms with Gasteiger partial charge in [-0.05, 0) is 49.5 Å². The summed E-state index contributed by atoms with van der Waals surface area (Å²) >= 11 is 0. The molecule has 1 saturated heterocycles. The highest BCUT2D eigenvalue weighted by Crippen LogP contribution is 2.33. The molecule has 2 atom stereocenters. The van der Waals surface area contributed by atoms with Crippen molar-refractivity contribution < 1.29 is 9.15 Å². The molecule has 1 aliphatic heterocycles. The summed E-state index contributed by atoms with van der Waals surface area (Å²) < 4.78 is 11.0. The first-order valence-electron chi connectivity index (χ1n) is 9.80. The minimum Gasteiger partial charge on any atom is -0.497 e. The summed E-state index contributed by atoms with van der Waals surface area (Å²) in [7, 11) is 6.08. The Bertz CT molecular complexity index is 887. The van der Waals surface area contributed by atoms with Gasteiger partial charge < -0.3 is 14.1 Å². The lowest BCUT2D eigenvalue weighted by Gasteiger charge is -2.25. The van der Waals surface area contributed by atoms with Gasteiger partial charge in [0.2, 0.25) is 0 Å². The largest absolute Gasteiger partial charge is 0.497 e. The molecular formula is C24H28N2O2. The first-order valence-corrected chi connectivity index (χ1v) is 9.80. The minimum atomic E-state index is 0.483. The van der Waals surface area contributed by atoms with Gasteiger partial charge in [0.15, 0.2) is 0 Å². The summed E-state index contributed by atoms with van der Waals surface area (Å²) in [6, 6.07) is 21.6. The van der Waals surface area contributed by atoms with Gasteiger partial charge in [0.1, 0.15) is 11.5 Å². The molecule has 0 saturated carbocycles. The SMILES string of the molecule is COc1ccc([C@@H]2CN(Cc3ccccc3-c3ccco3)C[C@H]2N(C)C)cc1. The van der Waals surface area contributed by atoms with Gasteiger partial charge in [-0.25, -0.2) is 0 Å². The topological polar surface area (TPSA) is 28.9 Å². The fraction of sp³-hybridized carbons (Fsp3) is 0.333. The van der Waals surface area contributed by atoms with E-state index in [9.17, 15) is 0 Å². The van der Waals surface area contributed by atoms with E-state index < -0.39 is 0 Å². The second kappa shape index (κ2) is 8.21. The molecule has 1 aliphatic rings. The van der Waals surface area contributed by atoms with Crippen LogP contribution in [0.15, 0.2) is 71.3 Å². The zero-order chi connectivity index (χ0) is 19.5. The standard InChI is InChI=1S/C24H28N2O2/c1-25(2)23-17-26(16-22(23)18-10-12-20(27-3)13-11-18)15-19-7-4-5-8-21(19)24-9-6-14-28-24/h4-14,22-23H,15-17H2,1-3H3/t22-,23+/m0/s1. The Kier molecular flexibility index (Phi) is 5.51. The lowest BCUT2D eigenvalue weighted by Crippen LogP contribution is -2.34. The number of hydrogen-bond donors (Lipinski definition) is 0. The van der Waals surface area contributed by atoms with Crippen molar-refractivity contribution in [2.24, 2.45) is 0 Å². The third-order valence-corrected chi connectivity index (χ3v) is 5.77. The molecule has 0 aliphatic carbocycles. The number of nitrogens with zero attached hydrogens (tertiary/aromatic N) is 2. The quantitative estimate of drug-likeness (QED) is 0.634. The van der Waals surface area contributed by atoms with E-state index in [0.717, 1.165) is 31.1 Å². The van der Waals surface area contributed by atoms with E-state index in [1.165, 1.54) is 16.7 Å². The summed E-state index contributed by atoms with van der Waals surface area (Å²) in [5, 5.41) is 0. The van der Waals surface area contributed by atoms with E-state index in [1.54, 1.807) is 13.4 Å². The molecular weight excluding hydrogens is 348 g/mol. The number of likely N-dealkylation sites (tertiary alicyclic amines) is 1. The fourth-order valence-corrected chi connectivity index (χ4v) is 4.27. The number of hydrogen-bond acceptors (Lipinski definition) is 4. The van der Waals surface area contributed by atoms with Crippen LogP contribution in [0.2, 0.25) is 0 Å². The predicted octanol–water partition coefficient (Wildman–Crippen LogP) is 4.48. The zero-order valence-electron chi connectivity index (χ0n) is 16.8. The van der Waals surface area contributed by atoms with Gasteiger partial charge in [-0.2, -0.15) is 0 Å². The molecule has 4 nitrogen and oxygen atoms in total. The van der Waals surface area contributed by atoms with Crippen molar-refractivity contribution in [2.45, 2.75) is 18.5 Å². The molecule has 4 rings (SSSR count). The van der Waals surface area contributed by atoms with Crippen LogP contribution in [0.5, 0.6) is 5.75 Å². The maximum atomic E-state index is 5.66. The molecule has 2 heterocycles. The Morgan fingerprint density at radius 1 is 1.00 bits per heavy atom. The van der Waals surface area contributed by atoms with Crippen LogP contribution in [0.3, 0.4) is 0 Å². The third-order valence-electron chi connectivity index (χ3n) is 5.77. The molecule has 4 heteroatoms. The fourth-order valence-electron chi connectivity index (χ4n) is 4.27. The van der Waals surface area contributed by atoms with Crippen molar-refractivity contribution in [3.05, 3.63) is 78.1 Å². The monoisotopic (exact) mass is 376 g/mol. The predicted molar refractivity (Wildman–Crippen MR) is 113 cm³/mol. The van der Waals surface area contributed by atoms with E-state index in [-0.39, 0.29) is 0 Å². The summed E-state index contributed by atoms with van der Waals surface area (Å²) in [6.07, 6.45) is 1.74. The Balaban J connectivity index is 1.55. The van der Waals surface area contributed by atoms with Gasteiger partial charge in [-0.3, -0.25) is 4.90 Å². The molecule has 0 N–H and O–H groups in total. The maximum absolute atomic E-state index is 5.66. The molecule has 0 bridgehead atoms. The van der Waals surface area contributed by atoms with Gasteiger partial charge in [-0.1, -0.05) is 36.4 Å². The number of ether oxygens (including phenoxy) is 1. The van der Waals surface area contributed by atoms with Gasteiger partial charge in [0.25, 0.3) is 0 Å². The molecule has 0 amide bonds. The minimum absolute atomic E-state index is 0.483. The van der Waals surface area contributed by atoms with Crippen molar-refractivity contribution >= 4 is 0 Å². The summed E-state index contributed by atoms with van der Waals surface area (Å²) in [4.78, 5) is 4.91. The van der Waals surface area contributed by atoms with Gasteiger partial charge in [-0.15, -0.1) is 0 Å². The number of furan rings is 1. The van der Waals surface area contributed by atoms with E-state index in [1.807, 2.05) is 12.1 Å². The number of methoxy groups -OCH3 is 1. The summed E-state index contributed by atoms with van der Waals surface area (Å²) in [5.74, 6) is 2.33. The van der Waals surface area contributed by atoms with Crippen LogP contribution in [0.1, 0.15) is 17.0 Å². The second-order valence-corrected chi connectivity index (χ2v) is 7.74. The van der Waals surface area contributed by atoms with Crippen molar-refractivity contribution in [1.29, 1.82) is 0 Å². The van der Waals surface area contributed by atoms with Gasteiger partial charge in [0, 0.05) is 37.2 Å². The van der Waals surface area contributed by atoms with Crippen LogP contribution >= 0.6 is 0 Å². The zero-order valence-corrected chi connectivity index (χ0v) is 16.8. The third kappa shape index (κ3) is 3.84. The normalized spacial score (nSPS) is 20.0. The highest BCUT2D eigenvalue weighted by Gasteiger charge is 2.35. The molecule has 1 aromatic heterocycles. The van der Waals surface area contributed by atoms with Crippen LogP contribution in [-0.2, 0) is 6.54 Å². The number of benzene rings is 2. The van der Waals surface area contributed by atoms with Crippen molar-refractivity contribution in [3.63, 3.8) is 0 Å².